The second-order valence-corrected chi connectivity index (χ2v) is 21.4. The van der Waals surface area contributed by atoms with Crippen molar-refractivity contribution in [3.8, 4) is 0 Å². The fourth-order valence-electron chi connectivity index (χ4n) is 8.40. The Kier molecular flexibility index (Phi) is 37.8. The average molecular weight is 1240 g/mol. The lowest BCUT2D eigenvalue weighted by atomic mass is 9.94. The molecule has 0 aromatic heterocycles. The second-order valence-electron chi connectivity index (χ2n) is 21.4. The molecule has 0 rings (SSSR count). The second kappa shape index (κ2) is 42.1. The SMILES string of the molecule is CC[C@H](C)[C@H](NC(=O)[C@H](CCC(N)=O)NC(=O)[C@@H](N)CCCNC(=N)N)C(=O)N[C@@H](CCCNC(=N)N)C(=O)N[C@@H](CCCNC(=N)N)C(=O)N[C@H](C(=O)N[C@H](C(=O)N[C@@H](CCC(N)=O)C(=O)N[C@@H](CCCNC(=N)N)C(N)=O)[C@@H](C)CC)[C@@H](C)CC. The van der Waals surface area contributed by atoms with Gasteiger partial charge < -0.3 is 110 Å². The van der Waals surface area contributed by atoms with E-state index >= 15 is 0 Å². The maximum Gasteiger partial charge on any atom is 0.243 e. The van der Waals surface area contributed by atoms with Crippen LogP contribution in [0.5, 0.6) is 0 Å². The van der Waals surface area contributed by atoms with Crippen LogP contribution in [0.15, 0.2) is 0 Å². The van der Waals surface area contributed by atoms with Gasteiger partial charge in [-0.1, -0.05) is 60.8 Å². The molecule has 0 bridgehead atoms. The summed E-state index contributed by atoms with van der Waals surface area (Å²) in [5.41, 5.74) is 44.1. The van der Waals surface area contributed by atoms with Crippen molar-refractivity contribution in [3.63, 3.8) is 0 Å². The molecule has 0 aromatic rings. The molecule has 0 heterocycles. The molecule has 35 nitrogen and oxygen atoms in total. The summed E-state index contributed by atoms with van der Waals surface area (Å²) in [5.74, 6) is -12.6. The molecule has 11 amide bonds. The van der Waals surface area contributed by atoms with Crippen molar-refractivity contribution in [1.82, 2.24) is 63.8 Å². The maximum absolute atomic E-state index is 14.6. The Morgan fingerprint density at radius 2 is 0.575 bits per heavy atom. The van der Waals surface area contributed by atoms with E-state index in [0.29, 0.717) is 25.7 Å². The summed E-state index contributed by atoms with van der Waals surface area (Å²) in [4.78, 5) is 149. The van der Waals surface area contributed by atoms with Gasteiger partial charge in [-0.15, -0.1) is 0 Å². The average Bonchev–Trinajstić information content (AvgIpc) is 3.66. The van der Waals surface area contributed by atoms with Crippen LogP contribution >= 0.6 is 0 Å². The normalized spacial score (nSPS) is 15.0. The lowest BCUT2D eigenvalue weighted by Gasteiger charge is -2.31. The largest absolute Gasteiger partial charge is 0.370 e. The molecule has 12 atom stereocenters. The molecule has 0 radical (unpaired) electrons. The van der Waals surface area contributed by atoms with Gasteiger partial charge in [-0.05, 0) is 82.0 Å². The van der Waals surface area contributed by atoms with Crippen LogP contribution in [0.4, 0.5) is 0 Å². The van der Waals surface area contributed by atoms with Gasteiger partial charge in [0.15, 0.2) is 23.8 Å². The van der Waals surface area contributed by atoms with E-state index in [4.69, 9.17) is 67.5 Å². The molecule has 0 saturated carbocycles. The lowest BCUT2D eigenvalue weighted by molar-refractivity contribution is -0.137. The molecule has 32 N–H and O–H groups in total. The van der Waals surface area contributed by atoms with Crippen LogP contribution in [0, 0.1) is 39.4 Å². The lowest BCUT2D eigenvalue weighted by Crippen LogP contribution is -2.62. The molecule has 87 heavy (non-hydrogen) atoms. The molecule has 0 fully saturated rings. The minimum absolute atomic E-state index is 0.0130. The first-order chi connectivity index (χ1) is 40.8. The summed E-state index contributed by atoms with van der Waals surface area (Å²) in [6.45, 7) is 10.6. The molecule has 0 spiro atoms. The Bertz CT molecular complexity index is 2350. The Balaban J connectivity index is 7.13. The van der Waals surface area contributed by atoms with Crippen LogP contribution in [-0.4, -0.2) is 169 Å². The van der Waals surface area contributed by atoms with E-state index in [0.717, 1.165) is 0 Å². The number of nitrogens with one attached hydrogen (secondary N) is 16. The predicted molar refractivity (Wildman–Crippen MR) is 324 cm³/mol. The minimum Gasteiger partial charge on any atom is -0.370 e. The van der Waals surface area contributed by atoms with Gasteiger partial charge in [-0.2, -0.15) is 0 Å². The van der Waals surface area contributed by atoms with Crippen molar-refractivity contribution < 1.29 is 52.7 Å². The van der Waals surface area contributed by atoms with E-state index in [1.807, 2.05) is 0 Å². The van der Waals surface area contributed by atoms with Gasteiger partial charge in [-0.25, -0.2) is 0 Å². The third-order valence-electron chi connectivity index (χ3n) is 14.2. The summed E-state index contributed by atoms with van der Waals surface area (Å²) in [7, 11) is 0. The number of rotatable bonds is 45. The van der Waals surface area contributed by atoms with Crippen molar-refractivity contribution in [3.05, 3.63) is 0 Å². The fraction of sp³-hybridized carbons (Fsp3) is 0.712. The first-order valence-corrected chi connectivity index (χ1v) is 29.2. The highest BCUT2D eigenvalue weighted by molar-refractivity contribution is 5.98. The van der Waals surface area contributed by atoms with E-state index in [-0.39, 0.29) is 121 Å². The first-order valence-electron chi connectivity index (χ1n) is 29.2. The quantitative estimate of drug-likeness (QED) is 0.0153. The number of primary amides is 3. The number of hydrogen-bond acceptors (Lipinski definition) is 16. The van der Waals surface area contributed by atoms with Gasteiger partial charge in [0.2, 0.25) is 65.0 Å². The topological polar surface area (TPSA) is 636 Å². The van der Waals surface area contributed by atoms with E-state index in [2.05, 4.69) is 63.8 Å². The highest BCUT2D eigenvalue weighted by Gasteiger charge is 2.38. The number of carbonyl (C=O) groups excluding carboxylic acids is 11. The predicted octanol–water partition coefficient (Wildman–Crippen LogP) is -6.60. The van der Waals surface area contributed by atoms with Gasteiger partial charge in [0.25, 0.3) is 0 Å². The number of amides is 11. The molecule has 0 aliphatic rings. The molecule has 0 aromatic carbocycles. The van der Waals surface area contributed by atoms with Crippen molar-refractivity contribution in [2.75, 3.05) is 26.2 Å². The van der Waals surface area contributed by atoms with Gasteiger partial charge in [0, 0.05) is 39.0 Å². The summed E-state index contributed by atoms with van der Waals surface area (Å²) in [6.07, 6.45) is 0.222. The third-order valence-corrected chi connectivity index (χ3v) is 14.2. The molecule has 0 aliphatic carbocycles. The highest BCUT2D eigenvalue weighted by atomic mass is 16.2. The number of carbonyl (C=O) groups is 11. The van der Waals surface area contributed by atoms with E-state index in [1.54, 1.807) is 41.5 Å². The Labute approximate surface area is 507 Å². The summed E-state index contributed by atoms with van der Waals surface area (Å²) in [6, 6.07) is -12.3. The van der Waals surface area contributed by atoms with Crippen LogP contribution in [0.1, 0.15) is 138 Å². The zero-order valence-corrected chi connectivity index (χ0v) is 51.0. The number of guanidine groups is 4. The van der Waals surface area contributed by atoms with Crippen molar-refractivity contribution in [2.45, 2.75) is 192 Å². The number of nitrogens with two attached hydrogens (primary N) is 8. The molecule has 494 valence electrons. The van der Waals surface area contributed by atoms with Gasteiger partial charge in [-0.3, -0.25) is 74.4 Å². The fourth-order valence-corrected chi connectivity index (χ4v) is 8.40. The Morgan fingerprint density at radius 3 is 0.874 bits per heavy atom. The first kappa shape index (κ1) is 78.2. The van der Waals surface area contributed by atoms with Crippen LogP contribution in [0.25, 0.3) is 0 Å². The van der Waals surface area contributed by atoms with E-state index < -0.39 is 137 Å². The molecule has 35 heteroatoms. The van der Waals surface area contributed by atoms with Gasteiger partial charge >= 0.3 is 0 Å². The maximum atomic E-state index is 14.6. The molecular weight excluding hydrogens is 1140 g/mol. The smallest absolute Gasteiger partial charge is 0.243 e. The zero-order chi connectivity index (χ0) is 66.5. The zero-order valence-electron chi connectivity index (χ0n) is 51.0. The molecule has 0 aliphatic heterocycles. The summed E-state index contributed by atoms with van der Waals surface area (Å²) < 4.78 is 0. The standard InChI is InChI=1S/C52H100N24O11/c1-7-26(4)37(74-45(84)34(19-21-36(55)78)70-41(80)29(53)14-10-22-65-49(57)58)46(85)72-31(16-12-24-67-51(61)62)42(81)71-32(17-13-25-68-52(63)64)44(83)75-39(28(6)9-3)48(87)76-38(27(5)8-2)47(86)73-33(18-20-35(54)77)43(82)69-30(40(56)79)15-11-23-66-50(59)60/h26-34,37-39H,7-25,53H2,1-6H3,(H2,54,77)(H2,55,78)(H2,56,79)(H,69,82)(H,70,80)(H,71,81)(H,72,85)(H,73,86)(H,74,84)(H,75,83)(H,76,87)(H4,57,58,65)(H4,59,60,66)(H4,61,62,67)(H4,63,64,68)/t26-,27-,28-,29-,30-,31-,32-,33-,34-,37-,38-,39-/m0/s1. The van der Waals surface area contributed by atoms with Gasteiger partial charge in [0.1, 0.15) is 48.3 Å². The van der Waals surface area contributed by atoms with Crippen LogP contribution in [-0.2, 0) is 52.7 Å². The van der Waals surface area contributed by atoms with Crippen LogP contribution in [0.2, 0.25) is 0 Å². The Hall–Kier alpha value is -8.79. The molecule has 0 saturated heterocycles. The van der Waals surface area contributed by atoms with E-state index in [1.165, 1.54) is 0 Å². The summed E-state index contributed by atoms with van der Waals surface area (Å²) >= 11 is 0. The van der Waals surface area contributed by atoms with Gasteiger partial charge in [0.05, 0.1) is 6.04 Å². The Morgan fingerprint density at radius 1 is 0.333 bits per heavy atom. The molecular formula is C52H100N24O11. The monoisotopic (exact) mass is 1240 g/mol. The van der Waals surface area contributed by atoms with Crippen molar-refractivity contribution >= 4 is 88.8 Å². The molecule has 0 unspecified atom stereocenters. The van der Waals surface area contributed by atoms with E-state index in [9.17, 15) is 52.7 Å². The van der Waals surface area contributed by atoms with Crippen LogP contribution < -0.4 is 110 Å². The number of hydrogen-bond donors (Lipinski definition) is 24. The third kappa shape index (κ3) is 32.9. The van der Waals surface area contributed by atoms with Crippen LogP contribution in [0.3, 0.4) is 0 Å². The minimum atomic E-state index is -1.47. The van der Waals surface area contributed by atoms with Crippen molar-refractivity contribution in [2.24, 2.45) is 63.6 Å². The highest BCUT2D eigenvalue weighted by Crippen LogP contribution is 2.16. The van der Waals surface area contributed by atoms with Crippen molar-refractivity contribution in [1.29, 1.82) is 21.6 Å². The summed E-state index contributed by atoms with van der Waals surface area (Å²) in [5, 5.41) is 61.2.